The molecular weight excluding hydrogens is 298 g/mol. The van der Waals surface area contributed by atoms with Crippen LogP contribution in [0.15, 0.2) is 17.1 Å². The largest absolute Gasteiger partial charge is 0.310 e. The number of halogens is 1. The Morgan fingerprint density at radius 1 is 1.59 bits per heavy atom. The molecule has 1 aromatic rings. The van der Waals surface area contributed by atoms with Gasteiger partial charge in [0.25, 0.3) is 0 Å². The lowest BCUT2D eigenvalue weighted by molar-refractivity contribution is 0.640. The highest BCUT2D eigenvalue weighted by Crippen LogP contribution is 2.21. The van der Waals surface area contributed by atoms with Gasteiger partial charge in [0, 0.05) is 31.6 Å². The van der Waals surface area contributed by atoms with Crippen molar-refractivity contribution in [2.45, 2.75) is 19.9 Å². The summed E-state index contributed by atoms with van der Waals surface area (Å²) in [6.07, 6.45) is 2.90. The SMILES string of the molecule is C=CCSCCNCc1c(Br)c(CC)nn1C. The molecule has 0 aromatic carbocycles. The second-order valence-electron chi connectivity index (χ2n) is 3.72. The van der Waals surface area contributed by atoms with Gasteiger partial charge in [-0.25, -0.2) is 0 Å². The lowest BCUT2D eigenvalue weighted by Gasteiger charge is -2.05. The van der Waals surface area contributed by atoms with E-state index >= 15 is 0 Å². The lowest BCUT2D eigenvalue weighted by atomic mass is 10.3. The summed E-state index contributed by atoms with van der Waals surface area (Å²) in [5.41, 5.74) is 2.35. The van der Waals surface area contributed by atoms with E-state index < -0.39 is 0 Å². The van der Waals surface area contributed by atoms with Crippen LogP contribution < -0.4 is 5.32 Å². The maximum Gasteiger partial charge on any atom is 0.0767 e. The van der Waals surface area contributed by atoms with Crippen LogP contribution in [-0.2, 0) is 20.0 Å². The summed E-state index contributed by atoms with van der Waals surface area (Å²) in [4.78, 5) is 0. The van der Waals surface area contributed by atoms with Crippen LogP contribution >= 0.6 is 27.7 Å². The Morgan fingerprint density at radius 2 is 2.35 bits per heavy atom. The first kappa shape index (κ1) is 14.8. The highest BCUT2D eigenvalue weighted by atomic mass is 79.9. The second-order valence-corrected chi connectivity index (χ2v) is 5.67. The zero-order valence-corrected chi connectivity index (χ0v) is 12.9. The summed E-state index contributed by atoms with van der Waals surface area (Å²) < 4.78 is 3.10. The Kier molecular flexibility index (Phi) is 6.92. The first-order valence-electron chi connectivity index (χ1n) is 5.80. The number of thioether (sulfide) groups is 1. The Bertz CT molecular complexity index is 363. The second kappa shape index (κ2) is 7.95. The van der Waals surface area contributed by atoms with Crippen LogP contribution in [0.25, 0.3) is 0 Å². The standard InChI is InChI=1S/C12H20BrN3S/c1-4-7-17-8-6-14-9-11-12(13)10(5-2)15-16(11)3/h4,14H,1,5-9H2,2-3H3. The van der Waals surface area contributed by atoms with Gasteiger partial charge in [0.2, 0.25) is 0 Å². The summed E-state index contributed by atoms with van der Waals surface area (Å²) >= 11 is 5.51. The highest BCUT2D eigenvalue weighted by molar-refractivity contribution is 9.10. The number of rotatable bonds is 8. The minimum absolute atomic E-state index is 0.860. The van der Waals surface area contributed by atoms with Gasteiger partial charge in [0.1, 0.15) is 0 Å². The van der Waals surface area contributed by atoms with Crippen molar-refractivity contribution in [3.05, 3.63) is 28.5 Å². The molecule has 0 unspecified atom stereocenters. The number of hydrogen-bond donors (Lipinski definition) is 1. The minimum Gasteiger partial charge on any atom is -0.310 e. The van der Waals surface area contributed by atoms with Crippen molar-refractivity contribution >= 4 is 27.7 Å². The average Bonchev–Trinajstić information content (AvgIpc) is 2.60. The molecule has 96 valence electrons. The van der Waals surface area contributed by atoms with Crippen molar-refractivity contribution in [1.82, 2.24) is 15.1 Å². The molecule has 0 aliphatic rings. The maximum absolute atomic E-state index is 4.47. The molecule has 0 radical (unpaired) electrons. The number of nitrogens with zero attached hydrogens (tertiary/aromatic N) is 2. The normalized spacial score (nSPS) is 10.8. The first-order valence-corrected chi connectivity index (χ1v) is 7.75. The van der Waals surface area contributed by atoms with Crippen molar-refractivity contribution in [3.8, 4) is 0 Å². The maximum atomic E-state index is 4.47. The fraction of sp³-hybridized carbons (Fsp3) is 0.583. The van der Waals surface area contributed by atoms with E-state index in [0.717, 1.165) is 41.2 Å². The van der Waals surface area contributed by atoms with Gasteiger partial charge >= 0.3 is 0 Å². The Balaban J connectivity index is 2.36. The topological polar surface area (TPSA) is 29.9 Å². The number of nitrogens with one attached hydrogen (secondary N) is 1. The van der Waals surface area contributed by atoms with E-state index in [-0.39, 0.29) is 0 Å². The predicted molar refractivity (Wildman–Crippen MR) is 79.5 cm³/mol. The molecule has 1 rings (SSSR count). The van der Waals surface area contributed by atoms with Gasteiger partial charge in [-0.15, -0.1) is 6.58 Å². The summed E-state index contributed by atoms with van der Waals surface area (Å²) in [6, 6.07) is 0. The molecule has 5 heteroatoms. The smallest absolute Gasteiger partial charge is 0.0767 e. The monoisotopic (exact) mass is 317 g/mol. The van der Waals surface area contributed by atoms with E-state index in [4.69, 9.17) is 0 Å². The van der Waals surface area contributed by atoms with Crippen LogP contribution in [0.1, 0.15) is 18.3 Å². The molecule has 0 aliphatic carbocycles. The third kappa shape index (κ3) is 4.48. The van der Waals surface area contributed by atoms with Crippen LogP contribution in [0.5, 0.6) is 0 Å². The zero-order valence-electron chi connectivity index (χ0n) is 10.5. The first-order chi connectivity index (χ1) is 8.20. The molecule has 0 spiro atoms. The van der Waals surface area contributed by atoms with Crippen LogP contribution in [0.4, 0.5) is 0 Å². The van der Waals surface area contributed by atoms with E-state index in [1.165, 1.54) is 5.69 Å². The van der Waals surface area contributed by atoms with Crippen LogP contribution in [0.2, 0.25) is 0 Å². The summed E-state index contributed by atoms with van der Waals surface area (Å²) in [5, 5.41) is 7.90. The summed E-state index contributed by atoms with van der Waals surface area (Å²) in [6.45, 7) is 7.69. The zero-order chi connectivity index (χ0) is 12.7. The molecule has 0 aliphatic heterocycles. The van der Waals surface area contributed by atoms with Crippen LogP contribution in [-0.4, -0.2) is 27.8 Å². The van der Waals surface area contributed by atoms with Crippen molar-refractivity contribution in [1.29, 1.82) is 0 Å². The van der Waals surface area contributed by atoms with Gasteiger partial charge in [0.05, 0.1) is 15.9 Å². The average molecular weight is 318 g/mol. The fourth-order valence-electron chi connectivity index (χ4n) is 1.53. The van der Waals surface area contributed by atoms with Crippen LogP contribution in [0, 0.1) is 0 Å². The quantitative estimate of drug-likeness (QED) is 0.590. The molecule has 1 heterocycles. The third-order valence-corrected chi connectivity index (χ3v) is 4.33. The molecule has 0 amide bonds. The van der Waals surface area contributed by atoms with Gasteiger partial charge in [0.15, 0.2) is 0 Å². The van der Waals surface area contributed by atoms with E-state index in [9.17, 15) is 0 Å². The Labute approximate surface area is 116 Å². The molecular formula is C12H20BrN3S. The number of hydrogen-bond acceptors (Lipinski definition) is 3. The predicted octanol–water partition coefficient (Wildman–Crippen LogP) is 2.75. The molecule has 0 bridgehead atoms. The van der Waals surface area contributed by atoms with E-state index in [1.807, 2.05) is 29.6 Å². The van der Waals surface area contributed by atoms with Gasteiger partial charge in [-0.2, -0.15) is 16.9 Å². The van der Waals surface area contributed by atoms with Gasteiger partial charge in [-0.05, 0) is 22.4 Å². The minimum atomic E-state index is 0.860. The van der Waals surface area contributed by atoms with Gasteiger partial charge in [-0.3, -0.25) is 4.68 Å². The number of aryl methyl sites for hydroxylation is 2. The Morgan fingerprint density at radius 3 is 2.94 bits per heavy atom. The molecule has 0 atom stereocenters. The fourth-order valence-corrected chi connectivity index (χ4v) is 2.91. The molecule has 1 N–H and O–H groups in total. The van der Waals surface area contributed by atoms with Crippen molar-refractivity contribution in [3.63, 3.8) is 0 Å². The molecule has 17 heavy (non-hydrogen) atoms. The molecule has 0 fully saturated rings. The lowest BCUT2D eigenvalue weighted by Crippen LogP contribution is -2.18. The molecule has 0 saturated carbocycles. The Hall–Kier alpha value is -0.260. The van der Waals surface area contributed by atoms with E-state index in [1.54, 1.807) is 0 Å². The van der Waals surface area contributed by atoms with Gasteiger partial charge in [-0.1, -0.05) is 13.0 Å². The van der Waals surface area contributed by atoms with Crippen molar-refractivity contribution in [2.75, 3.05) is 18.1 Å². The van der Waals surface area contributed by atoms with E-state index in [2.05, 4.69) is 39.8 Å². The summed E-state index contributed by atoms with van der Waals surface area (Å²) in [5.74, 6) is 2.14. The highest BCUT2D eigenvalue weighted by Gasteiger charge is 2.11. The van der Waals surface area contributed by atoms with Gasteiger partial charge < -0.3 is 5.32 Å². The van der Waals surface area contributed by atoms with Crippen molar-refractivity contribution < 1.29 is 0 Å². The summed E-state index contributed by atoms with van der Waals surface area (Å²) in [7, 11) is 1.99. The molecule has 0 saturated heterocycles. The van der Waals surface area contributed by atoms with Crippen LogP contribution in [0.3, 0.4) is 0 Å². The van der Waals surface area contributed by atoms with Crippen molar-refractivity contribution in [2.24, 2.45) is 7.05 Å². The number of aromatic nitrogens is 2. The third-order valence-electron chi connectivity index (χ3n) is 2.45. The molecule has 1 aromatic heterocycles. The van der Waals surface area contributed by atoms with E-state index in [0.29, 0.717) is 0 Å². The molecule has 3 nitrogen and oxygen atoms in total.